The fourth-order valence-corrected chi connectivity index (χ4v) is 10.6. The smallest absolute Gasteiger partial charge is 0.145 e. The normalized spacial score (nSPS) is 16.0. The van der Waals surface area contributed by atoms with Crippen LogP contribution in [-0.2, 0) is 5.41 Å². The number of benzene rings is 6. The van der Waals surface area contributed by atoms with Crippen LogP contribution in [0.4, 0.5) is 5.69 Å². The predicted octanol–water partition coefficient (Wildman–Crippen LogP) is 15.2. The number of aromatic nitrogens is 3. The van der Waals surface area contributed by atoms with E-state index in [2.05, 4.69) is 218 Å². The second kappa shape index (κ2) is 16.5. The quantitative estimate of drug-likeness (QED) is 0.145. The highest BCUT2D eigenvalue weighted by atomic mass is 16.5. The number of hydrogen-bond acceptors (Lipinski definition) is 5. The summed E-state index contributed by atoms with van der Waals surface area (Å²) in [6.07, 6.45) is 3.73. The first-order valence-electron chi connectivity index (χ1n) is 23.4. The maximum Gasteiger partial charge on any atom is 0.145 e. The number of nitrogens with zero attached hydrogens (tertiary/aromatic N) is 5. The monoisotopic (exact) mass is 877 g/mol. The van der Waals surface area contributed by atoms with Gasteiger partial charge in [-0.3, -0.25) is 14.5 Å². The van der Waals surface area contributed by atoms with Crippen molar-refractivity contribution in [1.29, 1.82) is 0 Å². The van der Waals surface area contributed by atoms with Crippen molar-refractivity contribution in [2.45, 2.75) is 91.6 Å². The molecule has 1 atom stereocenters. The Morgan fingerprint density at radius 3 is 1.87 bits per heavy atom. The number of aryl methyl sites for hydroxylation is 4. The molecule has 10 rings (SSSR count). The molecule has 0 amide bonds. The van der Waals surface area contributed by atoms with Crippen LogP contribution in [-0.4, -0.2) is 31.4 Å². The maximum absolute atomic E-state index is 7.22. The Hall–Kier alpha value is -7.31. The molecular formula is C61H59N5O. The van der Waals surface area contributed by atoms with Crippen LogP contribution in [0.2, 0.25) is 0 Å². The van der Waals surface area contributed by atoms with Crippen LogP contribution in [0, 0.1) is 27.7 Å². The van der Waals surface area contributed by atoms with E-state index in [1.807, 2.05) is 30.6 Å². The van der Waals surface area contributed by atoms with Crippen molar-refractivity contribution in [2.75, 3.05) is 4.90 Å². The molecule has 6 nitrogen and oxygen atoms in total. The van der Waals surface area contributed by atoms with Crippen LogP contribution in [0.5, 0.6) is 11.5 Å². The van der Waals surface area contributed by atoms with Gasteiger partial charge in [-0.2, -0.15) is 0 Å². The molecule has 0 fully saturated rings. The van der Waals surface area contributed by atoms with E-state index in [1.165, 1.54) is 38.8 Å². The highest BCUT2D eigenvalue weighted by Gasteiger charge is 2.58. The lowest BCUT2D eigenvalue weighted by molar-refractivity contribution is 0.279. The van der Waals surface area contributed by atoms with Gasteiger partial charge >= 0.3 is 0 Å². The lowest BCUT2D eigenvalue weighted by Crippen LogP contribution is -2.60. The third-order valence-corrected chi connectivity index (χ3v) is 14.0. The number of amidine groups is 1. The van der Waals surface area contributed by atoms with Gasteiger partial charge in [-0.15, -0.1) is 0 Å². The molecule has 0 aliphatic carbocycles. The average molecular weight is 878 g/mol. The van der Waals surface area contributed by atoms with Crippen molar-refractivity contribution >= 4 is 33.5 Å². The van der Waals surface area contributed by atoms with Crippen LogP contribution >= 0.6 is 0 Å². The first kappa shape index (κ1) is 43.6. The van der Waals surface area contributed by atoms with Crippen LogP contribution in [0.15, 0.2) is 175 Å². The number of pyridine rings is 2. The van der Waals surface area contributed by atoms with Crippen molar-refractivity contribution in [3.63, 3.8) is 0 Å². The highest BCUT2D eigenvalue weighted by molar-refractivity contribution is 6.15. The standard InChI is InChI=1S/C61H59N5O/c1-39-26-27-54-52(32-39)51-24-19-29-63-58(51)65(54)48-36-47(59(5,6)7)37-50(38-48)67-49-34-45(53-25-17-18-28-62-53)33-46(35-49)57-64-60(8,9)61(10,66(57)56-41(3)30-40(2)31-42(56)4)55(43-20-13-11-14-21-43)44-22-15-12-16-23-44/h11-38,55H,1-10H3/t61-/m0/s1. The number of aliphatic imine (C=N–C) groups is 1. The topological polar surface area (TPSA) is 55.5 Å². The fourth-order valence-electron chi connectivity index (χ4n) is 10.6. The van der Waals surface area contributed by atoms with Gasteiger partial charge in [0.05, 0.1) is 28.0 Å². The molecule has 6 aromatic carbocycles. The summed E-state index contributed by atoms with van der Waals surface area (Å²) in [5.41, 5.74) is 14.0. The Bertz CT molecular complexity index is 3280. The summed E-state index contributed by atoms with van der Waals surface area (Å²) in [6, 6.07) is 56.6. The third-order valence-electron chi connectivity index (χ3n) is 14.0. The molecule has 0 saturated carbocycles. The molecule has 0 N–H and O–H groups in total. The molecule has 3 aromatic heterocycles. The van der Waals surface area contributed by atoms with Gasteiger partial charge in [0.2, 0.25) is 0 Å². The minimum atomic E-state index is -0.595. The lowest BCUT2D eigenvalue weighted by Gasteiger charge is -2.50. The molecule has 67 heavy (non-hydrogen) atoms. The van der Waals surface area contributed by atoms with E-state index >= 15 is 0 Å². The number of rotatable bonds is 9. The molecule has 0 unspecified atom stereocenters. The molecule has 0 radical (unpaired) electrons. The first-order valence-corrected chi connectivity index (χ1v) is 23.4. The fraction of sp³-hybridized carbons (Fsp3) is 0.230. The van der Waals surface area contributed by atoms with Crippen LogP contribution < -0.4 is 9.64 Å². The van der Waals surface area contributed by atoms with Gasteiger partial charge in [0.25, 0.3) is 0 Å². The molecule has 1 aliphatic heterocycles. The highest BCUT2D eigenvalue weighted by Crippen LogP contribution is 2.54. The van der Waals surface area contributed by atoms with Crippen molar-refractivity contribution in [3.05, 3.63) is 215 Å². The van der Waals surface area contributed by atoms with Crippen LogP contribution in [0.1, 0.15) is 92.0 Å². The van der Waals surface area contributed by atoms with Crippen LogP contribution in [0.3, 0.4) is 0 Å². The van der Waals surface area contributed by atoms with Gasteiger partial charge in [-0.1, -0.05) is 117 Å². The Morgan fingerprint density at radius 2 is 1.21 bits per heavy atom. The number of hydrogen-bond donors (Lipinski definition) is 0. The number of ether oxygens (including phenoxy) is 1. The summed E-state index contributed by atoms with van der Waals surface area (Å²) in [5, 5.41) is 2.30. The van der Waals surface area contributed by atoms with E-state index in [0.717, 1.165) is 61.9 Å². The summed E-state index contributed by atoms with van der Waals surface area (Å²) in [7, 11) is 0. The van der Waals surface area contributed by atoms with E-state index in [4.69, 9.17) is 19.7 Å². The number of anilines is 1. The SMILES string of the molecule is Cc1cc(C)c(N2C(c3cc(Oc4cc(-n5c6ccc(C)cc6c6cccnc65)cc(C(C)(C)C)c4)cc(-c4ccccn4)c3)=NC(C)(C)[C@]2(C)C(c2ccccc2)c2ccccc2)c(C)c1. The zero-order valence-corrected chi connectivity index (χ0v) is 40.4. The second-order valence-corrected chi connectivity index (χ2v) is 20.2. The molecule has 4 heterocycles. The lowest BCUT2D eigenvalue weighted by atomic mass is 9.66. The molecule has 0 bridgehead atoms. The summed E-state index contributed by atoms with van der Waals surface area (Å²) < 4.78 is 9.49. The minimum Gasteiger partial charge on any atom is -0.457 e. The zero-order valence-electron chi connectivity index (χ0n) is 40.4. The molecule has 1 aliphatic rings. The summed E-state index contributed by atoms with van der Waals surface area (Å²) in [6.45, 7) is 22.6. The summed E-state index contributed by atoms with van der Waals surface area (Å²) in [4.78, 5) is 18.3. The molecule has 334 valence electrons. The second-order valence-electron chi connectivity index (χ2n) is 20.2. The zero-order chi connectivity index (χ0) is 46.8. The maximum atomic E-state index is 7.22. The van der Waals surface area contributed by atoms with E-state index < -0.39 is 11.1 Å². The molecule has 9 aromatic rings. The molecule has 6 heteroatoms. The van der Waals surface area contributed by atoms with E-state index in [-0.39, 0.29) is 11.3 Å². The molecule has 0 spiro atoms. The summed E-state index contributed by atoms with van der Waals surface area (Å²) in [5.74, 6) is 2.26. The first-order chi connectivity index (χ1) is 32.1. The van der Waals surface area contributed by atoms with Gasteiger partial charge in [-0.25, -0.2) is 4.98 Å². The number of fused-ring (bicyclic) bond motifs is 3. The van der Waals surface area contributed by atoms with Gasteiger partial charge in [0.15, 0.2) is 0 Å². The average Bonchev–Trinajstić information content (AvgIpc) is 3.73. The van der Waals surface area contributed by atoms with E-state index in [1.54, 1.807) is 0 Å². The van der Waals surface area contributed by atoms with Crippen LogP contribution in [0.25, 0.3) is 38.9 Å². The van der Waals surface area contributed by atoms with Crippen molar-refractivity contribution in [3.8, 4) is 28.4 Å². The van der Waals surface area contributed by atoms with Crippen molar-refractivity contribution < 1.29 is 4.74 Å². The summed E-state index contributed by atoms with van der Waals surface area (Å²) >= 11 is 0. The Labute approximate surface area is 395 Å². The van der Waals surface area contributed by atoms with E-state index in [9.17, 15) is 0 Å². The van der Waals surface area contributed by atoms with Gasteiger partial charge in [-0.05, 0) is 148 Å². The van der Waals surface area contributed by atoms with Crippen molar-refractivity contribution in [2.24, 2.45) is 4.99 Å². The molecule has 0 saturated heterocycles. The van der Waals surface area contributed by atoms with Gasteiger partial charge in [0, 0.05) is 52.0 Å². The molecular weight excluding hydrogens is 819 g/mol. The van der Waals surface area contributed by atoms with Gasteiger partial charge in [0.1, 0.15) is 23.0 Å². The van der Waals surface area contributed by atoms with Crippen molar-refractivity contribution in [1.82, 2.24) is 14.5 Å². The van der Waals surface area contributed by atoms with Gasteiger partial charge < -0.3 is 9.64 Å². The van der Waals surface area contributed by atoms with E-state index in [0.29, 0.717) is 5.75 Å². The predicted molar refractivity (Wildman–Crippen MR) is 279 cm³/mol. The Kier molecular flexibility index (Phi) is 10.8. The Morgan fingerprint density at radius 1 is 0.567 bits per heavy atom. The largest absolute Gasteiger partial charge is 0.457 e. The Balaban J connectivity index is 1.19. The third kappa shape index (κ3) is 7.68. The minimum absolute atomic E-state index is 0.0567.